The van der Waals surface area contributed by atoms with Crippen molar-refractivity contribution in [1.82, 2.24) is 9.78 Å². The van der Waals surface area contributed by atoms with Gasteiger partial charge in [-0.2, -0.15) is 5.10 Å². The average molecular weight is 145 g/mol. The van der Waals surface area contributed by atoms with E-state index in [1.54, 1.807) is 6.07 Å². The highest BCUT2D eigenvalue weighted by Crippen LogP contribution is 1.78. The zero-order valence-electron chi connectivity index (χ0n) is 4.62. The number of halogens is 1. The Hall–Kier alpha value is -0.830. The molecule has 0 fully saturated rings. The summed E-state index contributed by atoms with van der Waals surface area (Å²) in [7, 11) is 0. The van der Waals surface area contributed by atoms with Gasteiger partial charge in [-0.1, -0.05) is 0 Å². The summed E-state index contributed by atoms with van der Waals surface area (Å²) in [5, 5.41) is 3.67. The van der Waals surface area contributed by atoms with Crippen LogP contribution in [0.4, 0.5) is 0 Å². The van der Waals surface area contributed by atoms with Crippen molar-refractivity contribution in [2.75, 3.05) is 0 Å². The summed E-state index contributed by atoms with van der Waals surface area (Å²) in [6.45, 7) is 0. The molecule has 0 saturated heterocycles. The first-order valence-electron chi connectivity index (χ1n) is 2.42. The number of rotatable bonds is 1. The lowest BCUT2D eigenvalue weighted by atomic mass is 10.6. The fourth-order valence-corrected chi connectivity index (χ4v) is 0.657. The van der Waals surface area contributed by atoms with Crippen LogP contribution in [-0.4, -0.2) is 9.78 Å². The SMILES string of the molecule is O=c1cccnn1CCl. The van der Waals surface area contributed by atoms with Crippen molar-refractivity contribution >= 4 is 11.6 Å². The minimum atomic E-state index is -0.174. The van der Waals surface area contributed by atoms with Crippen LogP contribution in [-0.2, 0) is 6.00 Å². The minimum absolute atomic E-state index is 0.111. The molecule has 1 heterocycles. The maximum Gasteiger partial charge on any atom is 0.267 e. The Morgan fingerprint density at radius 1 is 1.78 bits per heavy atom. The van der Waals surface area contributed by atoms with E-state index in [1.807, 2.05) is 0 Å². The van der Waals surface area contributed by atoms with Crippen molar-refractivity contribution in [3.63, 3.8) is 0 Å². The Bertz CT molecular complexity index is 245. The van der Waals surface area contributed by atoms with E-state index in [2.05, 4.69) is 5.10 Å². The van der Waals surface area contributed by atoms with Crippen LogP contribution in [0.1, 0.15) is 0 Å². The van der Waals surface area contributed by atoms with Gasteiger partial charge < -0.3 is 0 Å². The van der Waals surface area contributed by atoms with Crippen LogP contribution in [0.3, 0.4) is 0 Å². The Labute approximate surface area is 56.9 Å². The molecular weight excluding hydrogens is 140 g/mol. The molecule has 0 amide bonds. The molecule has 48 valence electrons. The number of hydrogen-bond acceptors (Lipinski definition) is 2. The number of nitrogens with zero attached hydrogens (tertiary/aromatic N) is 2. The molecule has 1 rings (SSSR count). The molecule has 4 heteroatoms. The highest BCUT2D eigenvalue weighted by Gasteiger charge is 1.87. The summed E-state index contributed by atoms with van der Waals surface area (Å²) in [6, 6.07) is 3.10. The third-order valence-electron chi connectivity index (χ3n) is 0.899. The van der Waals surface area contributed by atoms with Gasteiger partial charge in [-0.05, 0) is 6.07 Å². The van der Waals surface area contributed by atoms with Crippen molar-refractivity contribution in [2.45, 2.75) is 6.00 Å². The lowest BCUT2D eigenvalue weighted by Gasteiger charge is -1.92. The quantitative estimate of drug-likeness (QED) is 0.536. The smallest absolute Gasteiger partial charge is 0.267 e. The second-order valence-electron chi connectivity index (χ2n) is 1.48. The van der Waals surface area contributed by atoms with E-state index in [4.69, 9.17) is 11.6 Å². The monoisotopic (exact) mass is 144 g/mol. The fourth-order valence-electron chi connectivity index (χ4n) is 0.477. The number of hydrogen-bond donors (Lipinski definition) is 0. The maximum atomic E-state index is 10.7. The molecule has 0 unspecified atom stereocenters. The average Bonchev–Trinajstić information content (AvgIpc) is 1.89. The summed E-state index contributed by atoms with van der Waals surface area (Å²) >= 11 is 5.33. The van der Waals surface area contributed by atoms with Gasteiger partial charge in [-0.25, -0.2) is 4.68 Å². The van der Waals surface area contributed by atoms with E-state index in [9.17, 15) is 4.79 Å². The van der Waals surface area contributed by atoms with Crippen LogP contribution < -0.4 is 5.56 Å². The molecule has 0 atom stereocenters. The molecule has 0 radical (unpaired) electrons. The summed E-state index contributed by atoms with van der Waals surface area (Å²) in [5.41, 5.74) is -0.174. The fraction of sp³-hybridized carbons (Fsp3) is 0.200. The van der Waals surface area contributed by atoms with Gasteiger partial charge in [0.15, 0.2) is 0 Å². The first kappa shape index (κ1) is 6.29. The Morgan fingerprint density at radius 2 is 2.56 bits per heavy atom. The molecule has 1 aromatic rings. The van der Waals surface area contributed by atoms with Crippen LogP contribution in [0.25, 0.3) is 0 Å². The molecule has 0 aliphatic rings. The van der Waals surface area contributed by atoms with Crippen LogP contribution >= 0.6 is 11.6 Å². The van der Waals surface area contributed by atoms with Crippen molar-refractivity contribution in [2.24, 2.45) is 0 Å². The van der Waals surface area contributed by atoms with E-state index >= 15 is 0 Å². The summed E-state index contributed by atoms with van der Waals surface area (Å²) in [4.78, 5) is 10.7. The topological polar surface area (TPSA) is 34.9 Å². The van der Waals surface area contributed by atoms with E-state index in [1.165, 1.54) is 16.9 Å². The van der Waals surface area contributed by atoms with Gasteiger partial charge in [0.1, 0.15) is 6.00 Å². The van der Waals surface area contributed by atoms with Crippen molar-refractivity contribution in [3.05, 3.63) is 28.7 Å². The number of alkyl halides is 1. The molecule has 0 aliphatic heterocycles. The van der Waals surface area contributed by atoms with Crippen LogP contribution in [0.15, 0.2) is 23.1 Å². The second kappa shape index (κ2) is 2.64. The largest absolute Gasteiger partial charge is 0.268 e. The third kappa shape index (κ3) is 1.29. The molecule has 0 aliphatic carbocycles. The molecule has 0 aromatic carbocycles. The second-order valence-corrected chi connectivity index (χ2v) is 1.72. The van der Waals surface area contributed by atoms with E-state index in [0.29, 0.717) is 0 Å². The molecule has 3 nitrogen and oxygen atoms in total. The normalized spacial score (nSPS) is 9.44. The van der Waals surface area contributed by atoms with Crippen molar-refractivity contribution in [3.8, 4) is 0 Å². The van der Waals surface area contributed by atoms with E-state index in [0.717, 1.165) is 0 Å². The highest BCUT2D eigenvalue weighted by atomic mass is 35.5. The lowest BCUT2D eigenvalue weighted by molar-refractivity contribution is 0.687. The molecule has 0 saturated carbocycles. The first-order chi connectivity index (χ1) is 4.34. The molecule has 1 aromatic heterocycles. The summed E-state index contributed by atoms with van der Waals surface area (Å²) in [6.07, 6.45) is 1.52. The Kier molecular flexibility index (Phi) is 1.85. The standard InChI is InChI=1S/C5H5ClN2O/c6-4-8-5(9)2-1-3-7-8/h1-3H,4H2. The predicted molar refractivity (Wildman–Crippen MR) is 34.4 cm³/mol. The van der Waals surface area contributed by atoms with Crippen molar-refractivity contribution in [1.29, 1.82) is 0 Å². The first-order valence-corrected chi connectivity index (χ1v) is 2.96. The van der Waals surface area contributed by atoms with Gasteiger partial charge in [0, 0.05) is 12.3 Å². The number of aromatic nitrogens is 2. The van der Waals surface area contributed by atoms with Gasteiger partial charge in [-0.15, -0.1) is 11.6 Å². The van der Waals surface area contributed by atoms with Gasteiger partial charge in [0.2, 0.25) is 0 Å². The minimum Gasteiger partial charge on any atom is -0.268 e. The molecule has 9 heavy (non-hydrogen) atoms. The zero-order valence-corrected chi connectivity index (χ0v) is 5.38. The Balaban J connectivity index is 3.16. The predicted octanol–water partition coefficient (Wildman–Crippen LogP) is 0.440. The van der Waals surface area contributed by atoms with Gasteiger partial charge in [0.05, 0.1) is 0 Å². The van der Waals surface area contributed by atoms with Gasteiger partial charge >= 0.3 is 0 Å². The lowest BCUT2D eigenvalue weighted by Crippen LogP contribution is -2.18. The summed E-state index contributed by atoms with van der Waals surface area (Å²) in [5.74, 6) is 0. The van der Waals surface area contributed by atoms with Crippen LogP contribution in [0.2, 0.25) is 0 Å². The maximum absolute atomic E-state index is 10.7. The van der Waals surface area contributed by atoms with Gasteiger partial charge in [-0.3, -0.25) is 4.79 Å². The molecular formula is C5H5ClN2O. The Morgan fingerprint density at radius 3 is 3.00 bits per heavy atom. The van der Waals surface area contributed by atoms with E-state index < -0.39 is 0 Å². The highest BCUT2D eigenvalue weighted by molar-refractivity contribution is 6.15. The summed E-state index contributed by atoms with van der Waals surface area (Å²) < 4.78 is 1.17. The molecule has 0 bridgehead atoms. The van der Waals surface area contributed by atoms with E-state index in [-0.39, 0.29) is 11.6 Å². The van der Waals surface area contributed by atoms with Crippen LogP contribution in [0, 0.1) is 0 Å². The van der Waals surface area contributed by atoms with Crippen molar-refractivity contribution < 1.29 is 0 Å². The molecule has 0 spiro atoms. The van der Waals surface area contributed by atoms with Crippen LogP contribution in [0.5, 0.6) is 0 Å². The third-order valence-corrected chi connectivity index (χ3v) is 1.12. The molecule has 0 N–H and O–H groups in total. The zero-order chi connectivity index (χ0) is 6.69. The van der Waals surface area contributed by atoms with Gasteiger partial charge in [0.25, 0.3) is 5.56 Å².